The number of rotatable bonds is 3. The highest BCUT2D eigenvalue weighted by atomic mass is 35.5. The molecule has 104 valence electrons. The van der Waals surface area contributed by atoms with Crippen LogP contribution in [-0.4, -0.2) is 17.9 Å². The van der Waals surface area contributed by atoms with Crippen molar-refractivity contribution in [3.63, 3.8) is 0 Å². The summed E-state index contributed by atoms with van der Waals surface area (Å²) in [5, 5.41) is 0.110. The van der Waals surface area contributed by atoms with E-state index in [2.05, 4.69) is 0 Å². The molecule has 2 aromatic rings. The van der Waals surface area contributed by atoms with E-state index in [1.807, 2.05) is 12.1 Å². The summed E-state index contributed by atoms with van der Waals surface area (Å²) in [6.45, 7) is 0.423. The first-order valence-corrected chi connectivity index (χ1v) is 6.40. The zero-order chi connectivity index (χ0) is 14.7. The lowest BCUT2D eigenvalue weighted by atomic mass is 10.1. The Morgan fingerprint density at radius 1 is 1.25 bits per heavy atom. The van der Waals surface area contributed by atoms with Crippen molar-refractivity contribution in [3.8, 4) is 0 Å². The van der Waals surface area contributed by atoms with E-state index in [-0.39, 0.29) is 16.5 Å². The third kappa shape index (κ3) is 3.27. The highest BCUT2D eigenvalue weighted by Crippen LogP contribution is 2.19. The van der Waals surface area contributed by atoms with Gasteiger partial charge in [0.05, 0.1) is 10.6 Å². The lowest BCUT2D eigenvalue weighted by molar-refractivity contribution is 0.0785. The molecule has 0 aliphatic carbocycles. The van der Waals surface area contributed by atoms with Crippen LogP contribution < -0.4 is 5.73 Å². The maximum absolute atomic E-state index is 13.0. The van der Waals surface area contributed by atoms with Crippen molar-refractivity contribution in [2.75, 3.05) is 12.8 Å². The molecule has 0 heterocycles. The molecule has 0 radical (unpaired) electrons. The molecule has 5 heteroatoms. The highest BCUT2D eigenvalue weighted by molar-refractivity contribution is 6.33. The van der Waals surface area contributed by atoms with Crippen LogP contribution in [0.1, 0.15) is 15.9 Å². The van der Waals surface area contributed by atoms with Gasteiger partial charge < -0.3 is 10.6 Å². The Morgan fingerprint density at radius 3 is 2.50 bits per heavy atom. The zero-order valence-corrected chi connectivity index (χ0v) is 11.7. The number of benzene rings is 2. The van der Waals surface area contributed by atoms with Crippen LogP contribution in [0, 0.1) is 5.82 Å². The van der Waals surface area contributed by atoms with Gasteiger partial charge in [-0.15, -0.1) is 0 Å². The standard InChI is InChI=1S/C15H14ClFN2O/c1-19(9-10-2-5-12(18)6-3-10)15(20)13-7-4-11(17)8-14(13)16/h2-8H,9,18H2,1H3. The number of carbonyl (C=O) groups is 1. The smallest absolute Gasteiger partial charge is 0.255 e. The third-order valence-corrected chi connectivity index (χ3v) is 3.22. The van der Waals surface area contributed by atoms with Crippen LogP contribution in [0.25, 0.3) is 0 Å². The Balaban J connectivity index is 2.14. The fourth-order valence-electron chi connectivity index (χ4n) is 1.84. The molecule has 2 rings (SSSR count). The van der Waals surface area contributed by atoms with Crippen LogP contribution in [-0.2, 0) is 6.54 Å². The van der Waals surface area contributed by atoms with Crippen LogP contribution in [0.2, 0.25) is 5.02 Å². The number of anilines is 1. The molecule has 0 saturated heterocycles. The second kappa shape index (κ2) is 5.92. The van der Waals surface area contributed by atoms with Crippen molar-refractivity contribution < 1.29 is 9.18 Å². The molecular formula is C15H14ClFN2O. The van der Waals surface area contributed by atoms with E-state index in [0.29, 0.717) is 12.2 Å². The number of hydrogen-bond acceptors (Lipinski definition) is 2. The minimum Gasteiger partial charge on any atom is -0.399 e. The fraction of sp³-hybridized carbons (Fsp3) is 0.133. The molecule has 2 aromatic carbocycles. The van der Waals surface area contributed by atoms with Gasteiger partial charge in [-0.2, -0.15) is 0 Å². The molecule has 0 aliphatic heterocycles. The maximum Gasteiger partial charge on any atom is 0.255 e. The second-order valence-electron chi connectivity index (χ2n) is 4.53. The van der Waals surface area contributed by atoms with E-state index >= 15 is 0 Å². The predicted molar refractivity (Wildman–Crippen MR) is 78.1 cm³/mol. The molecule has 1 amide bonds. The molecule has 0 unspecified atom stereocenters. The van der Waals surface area contributed by atoms with Crippen molar-refractivity contribution in [3.05, 3.63) is 64.4 Å². The average Bonchev–Trinajstić information content (AvgIpc) is 2.40. The molecule has 0 saturated carbocycles. The van der Waals surface area contributed by atoms with Crippen LogP contribution in [0.5, 0.6) is 0 Å². The van der Waals surface area contributed by atoms with E-state index in [1.165, 1.54) is 17.0 Å². The molecule has 2 N–H and O–H groups in total. The summed E-state index contributed by atoms with van der Waals surface area (Å²) in [6, 6.07) is 11.0. The molecule has 0 atom stereocenters. The van der Waals surface area contributed by atoms with Gasteiger partial charge in [-0.05, 0) is 35.9 Å². The SMILES string of the molecule is CN(Cc1ccc(N)cc1)C(=O)c1ccc(F)cc1Cl. The molecule has 0 aromatic heterocycles. The van der Waals surface area contributed by atoms with Gasteiger partial charge in [-0.3, -0.25) is 4.79 Å². The Morgan fingerprint density at radius 2 is 1.90 bits per heavy atom. The zero-order valence-electron chi connectivity index (χ0n) is 10.9. The summed E-state index contributed by atoms with van der Waals surface area (Å²) in [5.74, 6) is -0.723. The predicted octanol–water partition coefficient (Wildman–Crippen LogP) is 3.33. The quantitative estimate of drug-likeness (QED) is 0.882. The molecule has 0 spiro atoms. The van der Waals surface area contributed by atoms with Gasteiger partial charge >= 0.3 is 0 Å². The monoisotopic (exact) mass is 292 g/mol. The van der Waals surface area contributed by atoms with Crippen LogP contribution in [0.4, 0.5) is 10.1 Å². The summed E-state index contributed by atoms with van der Waals surface area (Å²) in [4.78, 5) is 13.8. The Hall–Kier alpha value is -2.07. The second-order valence-corrected chi connectivity index (χ2v) is 4.93. The minimum absolute atomic E-state index is 0.110. The van der Waals surface area contributed by atoms with E-state index in [1.54, 1.807) is 19.2 Å². The lowest BCUT2D eigenvalue weighted by Gasteiger charge is -2.18. The van der Waals surface area contributed by atoms with Crippen molar-refractivity contribution >= 4 is 23.2 Å². The summed E-state index contributed by atoms with van der Waals surface area (Å²) >= 11 is 5.89. The van der Waals surface area contributed by atoms with Gasteiger partial charge in [0.15, 0.2) is 0 Å². The number of nitrogens with two attached hydrogens (primary N) is 1. The fourth-order valence-corrected chi connectivity index (χ4v) is 2.09. The number of carbonyl (C=O) groups excluding carboxylic acids is 1. The molecular weight excluding hydrogens is 279 g/mol. The average molecular weight is 293 g/mol. The van der Waals surface area contributed by atoms with E-state index in [9.17, 15) is 9.18 Å². The van der Waals surface area contributed by atoms with Gasteiger partial charge in [0.1, 0.15) is 5.82 Å². The molecule has 0 aliphatic rings. The Kier molecular flexibility index (Phi) is 4.25. The number of hydrogen-bond donors (Lipinski definition) is 1. The van der Waals surface area contributed by atoms with Crippen LogP contribution >= 0.6 is 11.6 Å². The molecule has 3 nitrogen and oxygen atoms in total. The Bertz CT molecular complexity index is 628. The molecule has 0 bridgehead atoms. The number of nitrogens with zero attached hydrogens (tertiary/aromatic N) is 1. The highest BCUT2D eigenvalue weighted by Gasteiger charge is 2.15. The maximum atomic E-state index is 13.0. The minimum atomic E-state index is -0.465. The van der Waals surface area contributed by atoms with Crippen molar-refractivity contribution in [1.82, 2.24) is 4.90 Å². The summed E-state index contributed by atoms with van der Waals surface area (Å²) in [6.07, 6.45) is 0. The van der Waals surface area contributed by atoms with E-state index in [4.69, 9.17) is 17.3 Å². The number of halogens is 2. The first kappa shape index (κ1) is 14.3. The number of nitrogen functional groups attached to an aromatic ring is 1. The Labute approximate surface area is 121 Å². The summed E-state index contributed by atoms with van der Waals surface area (Å²) in [5.41, 5.74) is 7.51. The largest absolute Gasteiger partial charge is 0.399 e. The van der Waals surface area contributed by atoms with Crippen LogP contribution in [0.3, 0.4) is 0 Å². The van der Waals surface area contributed by atoms with Gasteiger partial charge in [0.2, 0.25) is 0 Å². The van der Waals surface area contributed by atoms with Gasteiger partial charge in [-0.25, -0.2) is 4.39 Å². The van der Waals surface area contributed by atoms with E-state index < -0.39 is 5.82 Å². The van der Waals surface area contributed by atoms with Crippen molar-refractivity contribution in [1.29, 1.82) is 0 Å². The van der Waals surface area contributed by atoms with Gasteiger partial charge in [0, 0.05) is 19.3 Å². The first-order valence-electron chi connectivity index (χ1n) is 6.02. The van der Waals surface area contributed by atoms with Crippen LogP contribution in [0.15, 0.2) is 42.5 Å². The topological polar surface area (TPSA) is 46.3 Å². The molecule has 0 fully saturated rings. The molecule has 20 heavy (non-hydrogen) atoms. The normalized spacial score (nSPS) is 10.3. The number of amides is 1. The summed E-state index contributed by atoms with van der Waals surface area (Å²) in [7, 11) is 1.67. The lowest BCUT2D eigenvalue weighted by Crippen LogP contribution is -2.26. The van der Waals surface area contributed by atoms with Crippen molar-refractivity contribution in [2.24, 2.45) is 0 Å². The van der Waals surface area contributed by atoms with Crippen molar-refractivity contribution in [2.45, 2.75) is 6.54 Å². The first-order chi connectivity index (χ1) is 9.47. The van der Waals surface area contributed by atoms with E-state index in [0.717, 1.165) is 11.6 Å². The van der Waals surface area contributed by atoms with Gasteiger partial charge in [0.25, 0.3) is 5.91 Å². The van der Waals surface area contributed by atoms with Gasteiger partial charge in [-0.1, -0.05) is 23.7 Å². The third-order valence-electron chi connectivity index (χ3n) is 2.91. The summed E-state index contributed by atoms with van der Waals surface area (Å²) < 4.78 is 13.0.